The molecule has 7 heteroatoms. The van der Waals surface area contributed by atoms with Crippen molar-refractivity contribution in [3.8, 4) is 0 Å². The molecule has 2 rings (SSSR count). The molecule has 0 radical (unpaired) electrons. The number of oxazole rings is 1. The van der Waals surface area contributed by atoms with Gasteiger partial charge < -0.3 is 15.1 Å². The van der Waals surface area contributed by atoms with Gasteiger partial charge in [-0.25, -0.2) is 14.4 Å². The van der Waals surface area contributed by atoms with Gasteiger partial charge in [-0.05, 0) is 25.5 Å². The number of nitrogens with one attached hydrogen (secondary N) is 2. The first-order chi connectivity index (χ1) is 12.3. The Hall–Kier alpha value is -2.08. The Kier molecular flexibility index (Phi) is 7.03. The summed E-state index contributed by atoms with van der Waals surface area (Å²) < 4.78 is 19.6. The summed E-state index contributed by atoms with van der Waals surface area (Å²) in [5.41, 5.74) is 0.413. The molecule has 1 aromatic carbocycles. The van der Waals surface area contributed by atoms with Gasteiger partial charge in [0, 0.05) is 29.1 Å². The lowest BCUT2D eigenvalue weighted by Gasteiger charge is -2.13. The van der Waals surface area contributed by atoms with Gasteiger partial charge >= 0.3 is 0 Å². The average molecular weight is 381 g/mol. The molecule has 0 amide bonds. The summed E-state index contributed by atoms with van der Waals surface area (Å²) in [4.78, 5) is 8.74. The maximum Gasteiger partial charge on any atom is 0.216 e. The minimum atomic E-state index is -0.296. The summed E-state index contributed by atoms with van der Waals surface area (Å²) in [6.45, 7) is 9.73. The normalized spacial score (nSPS) is 12.3. The van der Waals surface area contributed by atoms with Gasteiger partial charge in [-0.2, -0.15) is 0 Å². The van der Waals surface area contributed by atoms with Crippen molar-refractivity contribution in [2.24, 2.45) is 4.99 Å². The van der Waals surface area contributed by atoms with Crippen LogP contribution >= 0.6 is 11.6 Å². The fraction of sp³-hybridized carbons (Fsp3) is 0.474. The van der Waals surface area contributed by atoms with E-state index in [2.05, 4.69) is 41.4 Å². The predicted molar refractivity (Wildman–Crippen MR) is 103 cm³/mol. The lowest BCUT2D eigenvalue weighted by atomic mass is 9.94. The second-order valence-corrected chi connectivity index (χ2v) is 7.35. The topological polar surface area (TPSA) is 62.5 Å². The van der Waals surface area contributed by atoms with Gasteiger partial charge in [-0.15, -0.1) is 0 Å². The van der Waals surface area contributed by atoms with Crippen molar-refractivity contribution in [1.82, 2.24) is 15.6 Å². The molecule has 0 aliphatic carbocycles. The summed E-state index contributed by atoms with van der Waals surface area (Å²) in [6.07, 6.45) is 2.20. The van der Waals surface area contributed by atoms with Crippen LogP contribution in [0.5, 0.6) is 0 Å². The highest BCUT2D eigenvalue weighted by Crippen LogP contribution is 2.22. The zero-order chi connectivity index (χ0) is 19.2. The summed E-state index contributed by atoms with van der Waals surface area (Å²) in [5, 5.41) is 6.76. The lowest BCUT2D eigenvalue weighted by molar-refractivity contribution is 0.383. The second kappa shape index (κ2) is 9.03. The molecule has 26 heavy (non-hydrogen) atoms. The first-order valence-corrected chi connectivity index (χ1v) is 9.09. The van der Waals surface area contributed by atoms with Crippen molar-refractivity contribution in [2.45, 2.75) is 46.1 Å². The van der Waals surface area contributed by atoms with Gasteiger partial charge in [-0.1, -0.05) is 38.4 Å². The Balaban J connectivity index is 1.95. The molecule has 0 atom stereocenters. The summed E-state index contributed by atoms with van der Waals surface area (Å²) in [7, 11) is 0. The van der Waals surface area contributed by atoms with E-state index < -0.39 is 0 Å². The van der Waals surface area contributed by atoms with Gasteiger partial charge in [0.1, 0.15) is 18.1 Å². The number of halogens is 2. The highest BCUT2D eigenvalue weighted by atomic mass is 35.5. The van der Waals surface area contributed by atoms with Crippen LogP contribution < -0.4 is 10.6 Å². The van der Waals surface area contributed by atoms with Crippen molar-refractivity contribution in [1.29, 1.82) is 0 Å². The van der Waals surface area contributed by atoms with Crippen molar-refractivity contribution in [3.63, 3.8) is 0 Å². The Bertz CT molecular complexity index is 732. The monoisotopic (exact) mass is 380 g/mol. The number of nitrogens with zero attached hydrogens (tertiary/aromatic N) is 2. The van der Waals surface area contributed by atoms with E-state index in [0.717, 1.165) is 5.76 Å². The number of aromatic nitrogens is 1. The van der Waals surface area contributed by atoms with Crippen LogP contribution in [-0.4, -0.2) is 24.0 Å². The van der Waals surface area contributed by atoms with E-state index in [9.17, 15) is 4.39 Å². The molecule has 0 aliphatic heterocycles. The van der Waals surface area contributed by atoms with Crippen molar-refractivity contribution >= 4 is 17.6 Å². The molecule has 0 unspecified atom stereocenters. The van der Waals surface area contributed by atoms with Gasteiger partial charge in [0.05, 0.1) is 6.20 Å². The number of aliphatic imine (C=N–C) groups is 1. The maximum absolute atomic E-state index is 13.8. The zero-order valence-electron chi connectivity index (χ0n) is 15.7. The van der Waals surface area contributed by atoms with Crippen molar-refractivity contribution < 1.29 is 8.81 Å². The van der Waals surface area contributed by atoms with Gasteiger partial charge in [-0.3, -0.25) is 0 Å². The van der Waals surface area contributed by atoms with Crippen LogP contribution in [0.1, 0.15) is 44.9 Å². The number of guanidine groups is 1. The van der Waals surface area contributed by atoms with Gasteiger partial charge in [0.15, 0.2) is 5.96 Å². The molecule has 5 nitrogen and oxygen atoms in total. The molecule has 1 heterocycles. The Morgan fingerprint density at radius 2 is 2.08 bits per heavy atom. The molecular weight excluding hydrogens is 355 g/mol. The molecule has 2 aromatic rings. The molecular formula is C19H26ClFN4O. The third kappa shape index (κ3) is 5.73. The number of hydrogen-bond acceptors (Lipinski definition) is 3. The highest BCUT2D eigenvalue weighted by molar-refractivity contribution is 6.31. The van der Waals surface area contributed by atoms with Crippen molar-refractivity contribution in [2.75, 3.05) is 13.1 Å². The Morgan fingerprint density at radius 1 is 1.31 bits per heavy atom. The van der Waals surface area contributed by atoms with Crippen molar-refractivity contribution in [3.05, 3.63) is 52.5 Å². The number of rotatable bonds is 6. The van der Waals surface area contributed by atoms with Crippen LogP contribution in [0.25, 0.3) is 0 Å². The van der Waals surface area contributed by atoms with E-state index in [1.165, 1.54) is 6.07 Å². The van der Waals surface area contributed by atoms with E-state index in [1.54, 1.807) is 18.3 Å². The Labute approximate surface area is 159 Å². The smallest absolute Gasteiger partial charge is 0.216 e. The molecule has 0 fully saturated rings. The SMILES string of the molecule is CCNC(=NCc1ncc(C(C)(C)C)o1)NCCc1c(F)cccc1Cl. The first kappa shape index (κ1) is 20.2. The third-order valence-corrected chi connectivity index (χ3v) is 4.09. The fourth-order valence-electron chi connectivity index (χ4n) is 2.30. The van der Waals surface area contributed by atoms with Crippen LogP contribution in [0, 0.1) is 5.82 Å². The van der Waals surface area contributed by atoms with E-state index >= 15 is 0 Å². The molecule has 0 aliphatic rings. The first-order valence-electron chi connectivity index (χ1n) is 8.71. The molecule has 142 valence electrons. The van der Waals surface area contributed by atoms with E-state index in [-0.39, 0.29) is 11.2 Å². The summed E-state index contributed by atoms with van der Waals surface area (Å²) in [6, 6.07) is 4.70. The molecule has 0 saturated carbocycles. The lowest BCUT2D eigenvalue weighted by Crippen LogP contribution is -2.38. The Morgan fingerprint density at radius 3 is 2.69 bits per heavy atom. The van der Waals surface area contributed by atoms with Gasteiger partial charge in [0.25, 0.3) is 0 Å². The average Bonchev–Trinajstić information content (AvgIpc) is 3.04. The second-order valence-electron chi connectivity index (χ2n) is 6.94. The highest BCUT2D eigenvalue weighted by Gasteiger charge is 2.19. The third-order valence-electron chi connectivity index (χ3n) is 3.74. The van der Waals surface area contributed by atoms with E-state index in [4.69, 9.17) is 16.0 Å². The minimum Gasteiger partial charge on any atom is -0.443 e. The van der Waals surface area contributed by atoms with Crippen LogP contribution in [0.3, 0.4) is 0 Å². The molecule has 2 N–H and O–H groups in total. The van der Waals surface area contributed by atoms with E-state index in [1.807, 2.05) is 6.92 Å². The van der Waals surface area contributed by atoms with E-state index in [0.29, 0.717) is 48.5 Å². The number of benzene rings is 1. The van der Waals surface area contributed by atoms with Gasteiger partial charge in [0.2, 0.25) is 5.89 Å². The fourth-order valence-corrected chi connectivity index (χ4v) is 2.55. The minimum absolute atomic E-state index is 0.0866. The zero-order valence-corrected chi connectivity index (χ0v) is 16.5. The largest absolute Gasteiger partial charge is 0.443 e. The standard InChI is InChI=1S/C19H26ClFN4O/c1-5-22-18(23-10-9-13-14(20)7-6-8-15(13)21)25-12-17-24-11-16(26-17)19(2,3)4/h6-8,11H,5,9-10,12H2,1-4H3,(H2,22,23,25). The molecule has 0 spiro atoms. The van der Waals surface area contributed by atoms with Crippen LogP contribution in [-0.2, 0) is 18.4 Å². The molecule has 0 saturated heterocycles. The molecule has 0 bridgehead atoms. The summed E-state index contributed by atoms with van der Waals surface area (Å²) >= 11 is 6.05. The number of hydrogen-bond donors (Lipinski definition) is 2. The molecule has 1 aromatic heterocycles. The quantitative estimate of drug-likeness (QED) is 0.586. The maximum atomic E-state index is 13.8. The van der Waals surface area contributed by atoms with Crippen LogP contribution in [0.2, 0.25) is 5.02 Å². The van der Waals surface area contributed by atoms with Crippen LogP contribution in [0.4, 0.5) is 4.39 Å². The summed E-state index contributed by atoms with van der Waals surface area (Å²) in [5.74, 6) is 1.71. The van der Waals surface area contributed by atoms with Crippen LogP contribution in [0.15, 0.2) is 33.8 Å². The predicted octanol–water partition coefficient (Wildman–Crippen LogP) is 4.06.